The van der Waals surface area contributed by atoms with Crippen LogP contribution in [-0.4, -0.2) is 5.11 Å². The van der Waals surface area contributed by atoms with E-state index in [0.29, 0.717) is 11.7 Å². The Morgan fingerprint density at radius 1 is 1.05 bits per heavy atom. The molecule has 1 aliphatic heterocycles. The lowest BCUT2D eigenvalue weighted by Gasteiger charge is -2.11. The van der Waals surface area contributed by atoms with E-state index >= 15 is 0 Å². The molecule has 0 aliphatic carbocycles. The second-order valence-corrected chi connectivity index (χ2v) is 6.17. The summed E-state index contributed by atoms with van der Waals surface area (Å²) in [5, 5.41) is 10.0. The van der Waals surface area contributed by atoms with Crippen molar-refractivity contribution in [3.8, 4) is 5.75 Å². The molecule has 0 spiro atoms. The van der Waals surface area contributed by atoms with E-state index in [4.69, 9.17) is 0 Å². The zero-order chi connectivity index (χ0) is 15.7. The van der Waals surface area contributed by atoms with Crippen molar-refractivity contribution in [1.82, 2.24) is 10.9 Å². The Hall–Kier alpha value is -2.26. The fourth-order valence-corrected chi connectivity index (χ4v) is 2.70. The van der Waals surface area contributed by atoms with E-state index in [1.165, 1.54) is 11.1 Å². The summed E-state index contributed by atoms with van der Waals surface area (Å²) in [6.45, 7) is 6.42. The minimum Gasteiger partial charge on any atom is -0.507 e. The number of aromatic hydroxyl groups is 1. The summed E-state index contributed by atoms with van der Waals surface area (Å²) in [6, 6.07) is 14.4. The summed E-state index contributed by atoms with van der Waals surface area (Å²) >= 11 is 0. The minimum atomic E-state index is 0.108. The van der Waals surface area contributed by atoms with Crippen LogP contribution in [0.2, 0.25) is 0 Å². The Bertz CT molecular complexity index is 702. The summed E-state index contributed by atoms with van der Waals surface area (Å²) in [7, 11) is 0. The van der Waals surface area contributed by atoms with Gasteiger partial charge in [0.15, 0.2) is 0 Å². The molecule has 0 saturated heterocycles. The van der Waals surface area contributed by atoms with Crippen LogP contribution in [0, 0.1) is 6.92 Å². The van der Waals surface area contributed by atoms with Gasteiger partial charge in [-0.3, -0.25) is 0 Å². The number of nitrogens with one attached hydrogen (secondary N) is 2. The molecule has 1 atom stereocenters. The maximum Gasteiger partial charge on any atom is 0.124 e. The predicted octanol–water partition coefficient (Wildman–Crippen LogP) is 4.01. The largest absolute Gasteiger partial charge is 0.507 e. The molecular weight excluding hydrogens is 272 g/mol. The molecule has 3 nitrogen and oxygen atoms in total. The van der Waals surface area contributed by atoms with E-state index in [9.17, 15) is 5.11 Å². The topological polar surface area (TPSA) is 44.3 Å². The van der Waals surface area contributed by atoms with Gasteiger partial charge in [-0.15, -0.1) is 0 Å². The molecule has 0 aromatic heterocycles. The number of hydrazine groups is 1. The lowest BCUT2D eigenvalue weighted by Crippen LogP contribution is -2.26. The third-order valence-electron chi connectivity index (χ3n) is 4.10. The quantitative estimate of drug-likeness (QED) is 0.801. The number of aryl methyl sites for hydroxylation is 1. The molecule has 2 aromatic rings. The number of phenolic OH excluding ortho intramolecular Hbond substituents is 1. The Morgan fingerprint density at radius 2 is 1.77 bits per heavy atom. The molecule has 0 saturated carbocycles. The van der Waals surface area contributed by atoms with Crippen LogP contribution in [-0.2, 0) is 0 Å². The van der Waals surface area contributed by atoms with Gasteiger partial charge >= 0.3 is 0 Å². The molecule has 1 heterocycles. The standard InChI is InChI=1S/C19H22N2O/c1-12(2)14-5-7-15(8-6-14)17-11-18(21-20-17)16-10-13(3)4-9-19(16)22/h4-12,17,20-22H,1-3H3. The average Bonchev–Trinajstić information content (AvgIpc) is 2.99. The Morgan fingerprint density at radius 3 is 2.45 bits per heavy atom. The van der Waals surface area contributed by atoms with E-state index < -0.39 is 0 Å². The van der Waals surface area contributed by atoms with Crippen molar-refractivity contribution in [2.45, 2.75) is 32.7 Å². The van der Waals surface area contributed by atoms with Crippen LogP contribution in [0.1, 0.15) is 48.1 Å². The van der Waals surface area contributed by atoms with Gasteiger partial charge < -0.3 is 10.5 Å². The maximum absolute atomic E-state index is 10.0. The van der Waals surface area contributed by atoms with Crippen LogP contribution in [0.25, 0.3) is 5.70 Å². The number of hydrogen-bond donors (Lipinski definition) is 3. The summed E-state index contributed by atoms with van der Waals surface area (Å²) in [5.41, 5.74) is 11.9. The van der Waals surface area contributed by atoms with Crippen molar-refractivity contribution in [3.05, 3.63) is 70.8 Å². The van der Waals surface area contributed by atoms with Crippen LogP contribution >= 0.6 is 0 Å². The first-order chi connectivity index (χ1) is 10.5. The molecule has 0 bridgehead atoms. The second kappa shape index (κ2) is 5.85. The fourth-order valence-electron chi connectivity index (χ4n) is 2.70. The van der Waals surface area contributed by atoms with Gasteiger partial charge in [0.25, 0.3) is 0 Å². The lowest BCUT2D eigenvalue weighted by atomic mass is 9.98. The first kappa shape index (κ1) is 14.7. The van der Waals surface area contributed by atoms with Crippen LogP contribution in [0.4, 0.5) is 0 Å². The fraction of sp³-hybridized carbons (Fsp3) is 0.263. The van der Waals surface area contributed by atoms with Crippen LogP contribution in [0.15, 0.2) is 48.5 Å². The molecule has 1 unspecified atom stereocenters. The van der Waals surface area contributed by atoms with E-state index in [-0.39, 0.29) is 6.04 Å². The minimum absolute atomic E-state index is 0.108. The molecule has 1 aliphatic rings. The molecule has 2 aromatic carbocycles. The number of benzene rings is 2. The molecule has 0 radical (unpaired) electrons. The van der Waals surface area contributed by atoms with Gasteiger partial charge in [0.2, 0.25) is 0 Å². The lowest BCUT2D eigenvalue weighted by molar-refractivity contribution is 0.472. The maximum atomic E-state index is 10.0. The van der Waals surface area contributed by atoms with Crippen LogP contribution < -0.4 is 10.9 Å². The van der Waals surface area contributed by atoms with Gasteiger partial charge in [-0.05, 0) is 42.2 Å². The van der Waals surface area contributed by atoms with Gasteiger partial charge in [-0.25, -0.2) is 5.43 Å². The number of rotatable bonds is 3. The van der Waals surface area contributed by atoms with Crippen molar-refractivity contribution < 1.29 is 5.11 Å². The van der Waals surface area contributed by atoms with Crippen molar-refractivity contribution in [3.63, 3.8) is 0 Å². The highest BCUT2D eigenvalue weighted by atomic mass is 16.3. The zero-order valence-electron chi connectivity index (χ0n) is 13.2. The smallest absolute Gasteiger partial charge is 0.124 e. The first-order valence-corrected chi connectivity index (χ1v) is 7.68. The first-order valence-electron chi connectivity index (χ1n) is 7.68. The van der Waals surface area contributed by atoms with Crippen LogP contribution in [0.5, 0.6) is 5.75 Å². The summed E-state index contributed by atoms with van der Waals surface area (Å²) < 4.78 is 0. The highest BCUT2D eigenvalue weighted by molar-refractivity contribution is 5.71. The Kier molecular flexibility index (Phi) is 3.90. The highest BCUT2D eigenvalue weighted by Gasteiger charge is 2.19. The zero-order valence-corrected chi connectivity index (χ0v) is 13.2. The predicted molar refractivity (Wildman–Crippen MR) is 90.4 cm³/mol. The number of hydrogen-bond acceptors (Lipinski definition) is 3. The second-order valence-electron chi connectivity index (χ2n) is 6.17. The van der Waals surface area contributed by atoms with Crippen molar-refractivity contribution >= 4 is 5.70 Å². The molecule has 3 N–H and O–H groups in total. The van der Waals surface area contributed by atoms with Crippen molar-refractivity contribution in [2.24, 2.45) is 0 Å². The normalized spacial score (nSPS) is 17.5. The number of phenols is 1. The highest BCUT2D eigenvalue weighted by Crippen LogP contribution is 2.30. The van der Waals surface area contributed by atoms with Gasteiger partial charge in [0.1, 0.15) is 5.75 Å². The molecular formula is C19H22N2O. The molecule has 0 amide bonds. The van der Waals surface area contributed by atoms with E-state index in [1.807, 2.05) is 19.1 Å². The summed E-state index contributed by atoms with van der Waals surface area (Å²) in [5.74, 6) is 0.834. The third-order valence-corrected chi connectivity index (χ3v) is 4.10. The summed E-state index contributed by atoms with van der Waals surface area (Å²) in [4.78, 5) is 0. The van der Waals surface area contributed by atoms with E-state index in [1.54, 1.807) is 6.07 Å². The van der Waals surface area contributed by atoms with E-state index in [0.717, 1.165) is 16.8 Å². The van der Waals surface area contributed by atoms with Gasteiger partial charge in [0, 0.05) is 5.56 Å². The van der Waals surface area contributed by atoms with Gasteiger partial charge in [-0.1, -0.05) is 49.7 Å². The van der Waals surface area contributed by atoms with E-state index in [2.05, 4.69) is 55.0 Å². The monoisotopic (exact) mass is 294 g/mol. The summed E-state index contributed by atoms with van der Waals surface area (Å²) in [6.07, 6.45) is 2.11. The SMILES string of the molecule is Cc1ccc(O)c(C2=CC(c3ccc(C(C)C)cc3)NN2)c1. The molecule has 3 rings (SSSR count). The van der Waals surface area contributed by atoms with Crippen molar-refractivity contribution in [2.75, 3.05) is 0 Å². The van der Waals surface area contributed by atoms with Gasteiger partial charge in [0.05, 0.1) is 11.7 Å². The Balaban J connectivity index is 1.86. The van der Waals surface area contributed by atoms with Crippen molar-refractivity contribution in [1.29, 1.82) is 0 Å². The molecule has 22 heavy (non-hydrogen) atoms. The van der Waals surface area contributed by atoms with Crippen LogP contribution in [0.3, 0.4) is 0 Å². The third kappa shape index (κ3) is 2.85. The Labute approximate surface area is 131 Å². The average molecular weight is 294 g/mol. The molecule has 0 fully saturated rings. The van der Waals surface area contributed by atoms with Gasteiger partial charge in [-0.2, -0.15) is 0 Å². The molecule has 114 valence electrons. The molecule has 3 heteroatoms.